The minimum Gasteiger partial charge on any atom is -0.465 e. The van der Waals surface area contributed by atoms with Gasteiger partial charge < -0.3 is 9.64 Å². The molecule has 0 spiro atoms. The second-order valence-electron chi connectivity index (χ2n) is 5.88. The fourth-order valence-corrected chi connectivity index (χ4v) is 4.01. The van der Waals surface area contributed by atoms with E-state index >= 15 is 0 Å². The maximum absolute atomic E-state index is 12.4. The second kappa shape index (κ2) is 7.90. The molecule has 1 fully saturated rings. The zero-order valence-electron chi connectivity index (χ0n) is 13.6. The van der Waals surface area contributed by atoms with Gasteiger partial charge in [-0.25, -0.2) is 17.9 Å². The van der Waals surface area contributed by atoms with Gasteiger partial charge in [-0.3, -0.25) is 0 Å². The number of ether oxygens (including phenoxy) is 1. The highest BCUT2D eigenvalue weighted by atomic mass is 32.2. The van der Waals surface area contributed by atoms with Gasteiger partial charge in [0.15, 0.2) is 0 Å². The van der Waals surface area contributed by atoms with E-state index in [1.165, 1.54) is 44.2 Å². The van der Waals surface area contributed by atoms with Crippen molar-refractivity contribution in [2.24, 2.45) is 0 Å². The number of carbonyl (C=O) groups excluding carboxylic acids is 1. The van der Waals surface area contributed by atoms with Gasteiger partial charge in [-0.05, 0) is 64.0 Å². The lowest BCUT2D eigenvalue weighted by atomic mass is 10.2. The van der Waals surface area contributed by atoms with Gasteiger partial charge in [0, 0.05) is 6.04 Å². The lowest BCUT2D eigenvalue weighted by Gasteiger charge is -2.19. The SMILES string of the molecule is COC(=O)c1cccc(S(=O)(=O)N[C@H](C)CCN2CCCC2)c1. The Morgan fingerprint density at radius 3 is 2.70 bits per heavy atom. The van der Waals surface area contributed by atoms with E-state index in [9.17, 15) is 13.2 Å². The molecule has 1 saturated heterocycles. The highest BCUT2D eigenvalue weighted by molar-refractivity contribution is 7.89. The molecule has 1 aromatic rings. The molecule has 7 heteroatoms. The van der Waals surface area contributed by atoms with Crippen LogP contribution in [0.4, 0.5) is 0 Å². The van der Waals surface area contributed by atoms with E-state index in [-0.39, 0.29) is 16.5 Å². The van der Waals surface area contributed by atoms with E-state index in [0.29, 0.717) is 0 Å². The Hall–Kier alpha value is -1.44. The number of hydrogen-bond acceptors (Lipinski definition) is 5. The first-order chi connectivity index (χ1) is 10.9. The van der Waals surface area contributed by atoms with E-state index in [0.717, 1.165) is 26.1 Å². The number of nitrogens with one attached hydrogen (secondary N) is 1. The van der Waals surface area contributed by atoms with Crippen LogP contribution >= 0.6 is 0 Å². The van der Waals surface area contributed by atoms with E-state index < -0.39 is 16.0 Å². The van der Waals surface area contributed by atoms with Crippen molar-refractivity contribution in [3.8, 4) is 0 Å². The number of nitrogens with zero attached hydrogens (tertiary/aromatic N) is 1. The van der Waals surface area contributed by atoms with Crippen molar-refractivity contribution in [3.05, 3.63) is 29.8 Å². The average Bonchev–Trinajstić information content (AvgIpc) is 3.05. The number of rotatable bonds is 7. The van der Waals surface area contributed by atoms with Crippen LogP contribution in [0.3, 0.4) is 0 Å². The molecule has 0 saturated carbocycles. The Bertz CT molecular complexity index is 639. The van der Waals surface area contributed by atoms with Crippen molar-refractivity contribution in [2.75, 3.05) is 26.7 Å². The second-order valence-corrected chi connectivity index (χ2v) is 7.59. The summed E-state index contributed by atoms with van der Waals surface area (Å²) in [6.07, 6.45) is 3.21. The maximum atomic E-state index is 12.4. The summed E-state index contributed by atoms with van der Waals surface area (Å²) >= 11 is 0. The van der Waals surface area contributed by atoms with Crippen LogP contribution in [0, 0.1) is 0 Å². The molecule has 1 N–H and O–H groups in total. The summed E-state index contributed by atoms with van der Waals surface area (Å²) in [7, 11) is -2.38. The van der Waals surface area contributed by atoms with Crippen LogP contribution in [0.2, 0.25) is 0 Å². The van der Waals surface area contributed by atoms with Crippen LogP contribution in [0.1, 0.15) is 36.5 Å². The number of benzene rings is 1. The average molecular weight is 340 g/mol. The largest absolute Gasteiger partial charge is 0.465 e. The number of carbonyl (C=O) groups is 1. The molecule has 0 bridgehead atoms. The zero-order valence-corrected chi connectivity index (χ0v) is 14.4. The molecule has 1 aromatic carbocycles. The van der Waals surface area contributed by atoms with Crippen molar-refractivity contribution in [1.29, 1.82) is 0 Å². The summed E-state index contributed by atoms with van der Waals surface area (Å²) in [4.78, 5) is 13.9. The molecule has 0 amide bonds. The predicted octanol–water partition coefficient (Wildman–Crippen LogP) is 1.63. The summed E-state index contributed by atoms with van der Waals surface area (Å²) in [5.74, 6) is -0.552. The molecule has 1 aliphatic heterocycles. The van der Waals surface area contributed by atoms with Gasteiger partial charge in [0.1, 0.15) is 0 Å². The minimum atomic E-state index is -3.65. The Kier molecular flexibility index (Phi) is 6.15. The molecule has 0 aromatic heterocycles. The molecule has 1 atom stereocenters. The minimum absolute atomic E-state index is 0.0772. The molecule has 0 radical (unpaired) electrons. The molecule has 23 heavy (non-hydrogen) atoms. The van der Waals surface area contributed by atoms with Gasteiger partial charge in [-0.1, -0.05) is 6.07 Å². The maximum Gasteiger partial charge on any atom is 0.337 e. The fraction of sp³-hybridized carbons (Fsp3) is 0.562. The van der Waals surface area contributed by atoms with E-state index in [1.807, 2.05) is 6.92 Å². The van der Waals surface area contributed by atoms with Crippen LogP contribution < -0.4 is 4.72 Å². The molecular formula is C16H24N2O4S. The third kappa shape index (κ3) is 5.02. The quantitative estimate of drug-likeness (QED) is 0.764. The number of likely N-dealkylation sites (tertiary alicyclic amines) is 1. The predicted molar refractivity (Wildman–Crippen MR) is 87.9 cm³/mol. The lowest BCUT2D eigenvalue weighted by Crippen LogP contribution is -2.35. The van der Waals surface area contributed by atoms with Gasteiger partial charge in [-0.15, -0.1) is 0 Å². The Morgan fingerprint density at radius 1 is 1.35 bits per heavy atom. The third-order valence-corrected chi connectivity index (χ3v) is 5.59. The standard InChI is InChI=1S/C16H24N2O4S/c1-13(8-11-18-9-3-4-10-18)17-23(20,21)15-7-5-6-14(12-15)16(19)22-2/h5-7,12-13,17H,3-4,8-11H2,1-2H3/t13-/m1/s1. The monoisotopic (exact) mass is 340 g/mol. The van der Waals surface area contributed by atoms with Gasteiger partial charge in [0.2, 0.25) is 10.0 Å². The molecule has 6 nitrogen and oxygen atoms in total. The lowest BCUT2D eigenvalue weighted by molar-refractivity contribution is 0.0600. The molecular weight excluding hydrogens is 316 g/mol. The highest BCUT2D eigenvalue weighted by Crippen LogP contribution is 2.14. The number of methoxy groups -OCH3 is 1. The molecule has 0 unspecified atom stereocenters. The first-order valence-electron chi connectivity index (χ1n) is 7.85. The molecule has 1 aliphatic rings. The summed E-state index contributed by atoms with van der Waals surface area (Å²) in [6, 6.07) is 5.71. The van der Waals surface area contributed by atoms with E-state index in [1.54, 1.807) is 0 Å². The van der Waals surface area contributed by atoms with Crippen LogP contribution in [0.5, 0.6) is 0 Å². The van der Waals surface area contributed by atoms with Crippen LogP contribution in [-0.2, 0) is 14.8 Å². The number of esters is 1. The molecule has 2 rings (SSSR count). The Balaban J connectivity index is 1.98. The highest BCUT2D eigenvalue weighted by Gasteiger charge is 2.20. The first-order valence-corrected chi connectivity index (χ1v) is 9.34. The van der Waals surface area contributed by atoms with Crippen molar-refractivity contribution in [1.82, 2.24) is 9.62 Å². The van der Waals surface area contributed by atoms with Crippen LogP contribution in [0.25, 0.3) is 0 Å². The summed E-state index contributed by atoms with van der Waals surface area (Å²) in [5, 5.41) is 0. The number of sulfonamides is 1. The van der Waals surface area contributed by atoms with Gasteiger partial charge in [-0.2, -0.15) is 0 Å². The van der Waals surface area contributed by atoms with Crippen molar-refractivity contribution >= 4 is 16.0 Å². The van der Waals surface area contributed by atoms with Crippen molar-refractivity contribution in [3.63, 3.8) is 0 Å². The van der Waals surface area contributed by atoms with Gasteiger partial charge >= 0.3 is 5.97 Å². The van der Waals surface area contributed by atoms with Crippen molar-refractivity contribution in [2.45, 2.75) is 37.1 Å². The van der Waals surface area contributed by atoms with Gasteiger partial charge in [0.05, 0.1) is 17.6 Å². The van der Waals surface area contributed by atoms with E-state index in [2.05, 4.69) is 14.4 Å². The molecule has 0 aliphatic carbocycles. The van der Waals surface area contributed by atoms with Crippen LogP contribution in [0.15, 0.2) is 29.2 Å². The third-order valence-electron chi connectivity index (χ3n) is 4.00. The summed E-state index contributed by atoms with van der Waals surface area (Å²) < 4.78 is 32.1. The molecule has 128 valence electrons. The summed E-state index contributed by atoms with van der Waals surface area (Å²) in [5.41, 5.74) is 0.222. The van der Waals surface area contributed by atoms with E-state index in [4.69, 9.17) is 0 Å². The van der Waals surface area contributed by atoms with Crippen LogP contribution in [-0.4, -0.2) is 52.1 Å². The molecule has 1 heterocycles. The topological polar surface area (TPSA) is 75.7 Å². The zero-order chi connectivity index (χ0) is 16.9. The van der Waals surface area contributed by atoms with Gasteiger partial charge in [0.25, 0.3) is 0 Å². The normalized spacial score (nSPS) is 17.1. The van der Waals surface area contributed by atoms with Crippen molar-refractivity contribution < 1.29 is 17.9 Å². The fourth-order valence-electron chi connectivity index (χ4n) is 2.68. The number of hydrogen-bond donors (Lipinski definition) is 1. The Labute approximate surface area is 137 Å². The first kappa shape index (κ1) is 17.9. The summed E-state index contributed by atoms with van der Waals surface area (Å²) in [6.45, 7) is 4.95. The Morgan fingerprint density at radius 2 is 2.04 bits per heavy atom. The smallest absolute Gasteiger partial charge is 0.337 e.